The van der Waals surface area contributed by atoms with Crippen molar-refractivity contribution in [2.45, 2.75) is 33.7 Å². The monoisotopic (exact) mass is 315 g/mol. The maximum Gasteiger partial charge on any atom is 0.262 e. The van der Waals surface area contributed by atoms with Crippen LogP contribution < -0.4 is 5.32 Å². The molecule has 1 atom stereocenters. The molecule has 3 heterocycles. The van der Waals surface area contributed by atoms with Crippen LogP contribution in [-0.4, -0.2) is 15.9 Å². The Morgan fingerprint density at radius 1 is 1.32 bits per heavy atom. The second-order valence-electron chi connectivity index (χ2n) is 5.30. The predicted octanol–water partition coefficient (Wildman–Crippen LogP) is 3.70. The summed E-state index contributed by atoms with van der Waals surface area (Å²) in [5.74, 6) is 1.35. The molecule has 22 heavy (non-hydrogen) atoms. The van der Waals surface area contributed by atoms with E-state index in [1.54, 1.807) is 6.26 Å². The zero-order valence-corrected chi connectivity index (χ0v) is 13.7. The molecule has 0 saturated carbocycles. The molecule has 0 aromatic carbocycles. The summed E-state index contributed by atoms with van der Waals surface area (Å²) in [5.41, 5.74) is 1.84. The summed E-state index contributed by atoms with van der Waals surface area (Å²) in [4.78, 5) is 22.9. The van der Waals surface area contributed by atoms with Gasteiger partial charge in [0.15, 0.2) is 0 Å². The van der Waals surface area contributed by atoms with Crippen molar-refractivity contribution in [2.24, 2.45) is 0 Å². The van der Waals surface area contributed by atoms with E-state index in [9.17, 15) is 4.79 Å². The van der Waals surface area contributed by atoms with E-state index in [4.69, 9.17) is 4.42 Å². The Balaban J connectivity index is 1.94. The third-order valence-corrected chi connectivity index (χ3v) is 4.79. The number of hydrogen-bond acceptors (Lipinski definition) is 5. The first-order valence-corrected chi connectivity index (χ1v) is 7.87. The van der Waals surface area contributed by atoms with Gasteiger partial charge in [-0.3, -0.25) is 4.79 Å². The van der Waals surface area contributed by atoms with Crippen molar-refractivity contribution in [1.29, 1.82) is 0 Å². The van der Waals surface area contributed by atoms with Crippen molar-refractivity contribution in [3.63, 3.8) is 0 Å². The molecule has 5 nitrogen and oxygen atoms in total. The molecular formula is C16H17N3O2S. The molecule has 0 aliphatic rings. The average Bonchev–Trinajstić information content (AvgIpc) is 3.06. The van der Waals surface area contributed by atoms with Crippen LogP contribution in [0.3, 0.4) is 0 Å². The van der Waals surface area contributed by atoms with Gasteiger partial charge in [-0.05, 0) is 45.4 Å². The molecule has 0 fully saturated rings. The summed E-state index contributed by atoms with van der Waals surface area (Å²) in [6, 6.07) is 3.48. The number of rotatable bonds is 3. The van der Waals surface area contributed by atoms with Crippen LogP contribution in [0.15, 0.2) is 22.8 Å². The van der Waals surface area contributed by atoms with Crippen molar-refractivity contribution in [2.75, 3.05) is 0 Å². The first-order valence-electron chi connectivity index (χ1n) is 7.06. The van der Waals surface area contributed by atoms with E-state index in [2.05, 4.69) is 15.3 Å². The fourth-order valence-electron chi connectivity index (χ4n) is 2.56. The third-order valence-electron chi connectivity index (χ3n) is 3.61. The molecule has 114 valence electrons. The van der Waals surface area contributed by atoms with Gasteiger partial charge in [0.05, 0.1) is 17.2 Å². The minimum absolute atomic E-state index is 0.110. The van der Waals surface area contributed by atoms with Gasteiger partial charge in [0.1, 0.15) is 16.4 Å². The summed E-state index contributed by atoms with van der Waals surface area (Å²) >= 11 is 1.41. The molecule has 3 rings (SSSR count). The Labute approximate surface area is 132 Å². The normalized spacial score (nSPS) is 12.5. The van der Waals surface area contributed by atoms with Gasteiger partial charge < -0.3 is 9.73 Å². The number of nitrogens with zero attached hydrogens (tertiary/aromatic N) is 2. The quantitative estimate of drug-likeness (QED) is 0.800. The number of thiophene rings is 1. The number of nitrogens with one attached hydrogen (secondary N) is 1. The van der Waals surface area contributed by atoms with E-state index in [0.29, 0.717) is 4.88 Å². The van der Waals surface area contributed by atoms with Crippen LogP contribution in [0.25, 0.3) is 10.2 Å². The highest BCUT2D eigenvalue weighted by Gasteiger charge is 2.20. The number of aromatic nitrogens is 2. The molecule has 0 saturated heterocycles. The van der Waals surface area contributed by atoms with E-state index < -0.39 is 0 Å². The van der Waals surface area contributed by atoms with Crippen LogP contribution in [0.4, 0.5) is 0 Å². The summed E-state index contributed by atoms with van der Waals surface area (Å²) in [5, 5.41) is 3.94. The highest BCUT2D eigenvalue weighted by molar-refractivity contribution is 7.20. The molecule has 0 unspecified atom stereocenters. The lowest BCUT2D eigenvalue weighted by molar-refractivity contribution is 0.0939. The number of aryl methyl sites for hydroxylation is 3. The number of fused-ring (bicyclic) bond motifs is 1. The Bertz CT molecular complexity index is 837. The number of carbonyl (C=O) groups is 1. The SMILES string of the molecule is Cc1nc(C)c2c(C)c(C(=O)N[C@@H](C)c3ccco3)sc2n1. The predicted molar refractivity (Wildman–Crippen MR) is 86.2 cm³/mol. The van der Waals surface area contributed by atoms with Gasteiger partial charge in [-0.1, -0.05) is 0 Å². The van der Waals surface area contributed by atoms with Gasteiger partial charge in [0.2, 0.25) is 0 Å². The van der Waals surface area contributed by atoms with Gasteiger partial charge in [0.25, 0.3) is 5.91 Å². The van der Waals surface area contributed by atoms with Crippen molar-refractivity contribution in [3.05, 3.63) is 46.1 Å². The second-order valence-corrected chi connectivity index (χ2v) is 6.30. The average molecular weight is 315 g/mol. The zero-order chi connectivity index (χ0) is 15.9. The smallest absolute Gasteiger partial charge is 0.262 e. The maximum absolute atomic E-state index is 12.5. The van der Waals surface area contributed by atoms with Gasteiger partial charge in [-0.2, -0.15) is 0 Å². The summed E-state index contributed by atoms with van der Waals surface area (Å²) in [7, 11) is 0. The first kappa shape index (κ1) is 14.7. The van der Waals surface area contributed by atoms with E-state index in [1.807, 2.05) is 39.8 Å². The largest absolute Gasteiger partial charge is 0.467 e. The highest BCUT2D eigenvalue weighted by atomic mass is 32.1. The van der Waals surface area contributed by atoms with Crippen molar-refractivity contribution >= 4 is 27.5 Å². The Hall–Kier alpha value is -2.21. The van der Waals surface area contributed by atoms with Gasteiger partial charge in [-0.25, -0.2) is 9.97 Å². The molecule has 0 bridgehead atoms. The van der Waals surface area contributed by atoms with Crippen LogP contribution in [0.2, 0.25) is 0 Å². The molecule has 3 aromatic heterocycles. The number of carbonyl (C=O) groups excluding carboxylic acids is 1. The highest BCUT2D eigenvalue weighted by Crippen LogP contribution is 2.31. The summed E-state index contributed by atoms with van der Waals surface area (Å²) < 4.78 is 5.32. The van der Waals surface area contributed by atoms with Gasteiger partial charge in [-0.15, -0.1) is 11.3 Å². The molecule has 0 aliphatic carbocycles. The van der Waals surface area contributed by atoms with Crippen LogP contribution >= 0.6 is 11.3 Å². The molecule has 1 amide bonds. The first-order chi connectivity index (χ1) is 10.5. The fourth-order valence-corrected chi connectivity index (χ4v) is 3.74. The topological polar surface area (TPSA) is 68.0 Å². The lowest BCUT2D eigenvalue weighted by Crippen LogP contribution is -2.26. The molecule has 1 N–H and O–H groups in total. The lowest BCUT2D eigenvalue weighted by atomic mass is 10.1. The molecule has 0 radical (unpaired) electrons. The number of furan rings is 1. The number of amides is 1. The van der Waals surface area contributed by atoms with E-state index in [0.717, 1.165) is 33.1 Å². The van der Waals surface area contributed by atoms with E-state index >= 15 is 0 Å². The fraction of sp³-hybridized carbons (Fsp3) is 0.312. The van der Waals surface area contributed by atoms with Crippen LogP contribution in [-0.2, 0) is 0 Å². The Kier molecular flexibility index (Phi) is 3.70. The molecular weight excluding hydrogens is 298 g/mol. The van der Waals surface area contributed by atoms with Crippen molar-refractivity contribution in [1.82, 2.24) is 15.3 Å². The number of hydrogen-bond donors (Lipinski definition) is 1. The zero-order valence-electron chi connectivity index (χ0n) is 12.9. The molecule has 0 aliphatic heterocycles. The van der Waals surface area contributed by atoms with Crippen LogP contribution in [0, 0.1) is 20.8 Å². The third kappa shape index (κ3) is 2.50. The van der Waals surface area contributed by atoms with Crippen molar-refractivity contribution in [3.8, 4) is 0 Å². The standard InChI is InChI=1S/C16H17N3O2S/c1-8-13-10(3)17-11(4)19-16(13)22-14(8)15(20)18-9(2)12-6-5-7-21-12/h5-7,9H,1-4H3,(H,18,20)/t9-/m0/s1. The van der Waals surface area contributed by atoms with Crippen molar-refractivity contribution < 1.29 is 9.21 Å². The van der Waals surface area contributed by atoms with Crippen LogP contribution in [0.1, 0.15) is 45.5 Å². The van der Waals surface area contributed by atoms with E-state index in [1.165, 1.54) is 11.3 Å². The molecule has 0 spiro atoms. The summed E-state index contributed by atoms with van der Waals surface area (Å²) in [6.07, 6.45) is 1.60. The van der Waals surface area contributed by atoms with Crippen LogP contribution in [0.5, 0.6) is 0 Å². The second kappa shape index (κ2) is 5.53. The summed E-state index contributed by atoms with van der Waals surface area (Å²) in [6.45, 7) is 7.65. The van der Waals surface area contributed by atoms with E-state index in [-0.39, 0.29) is 11.9 Å². The lowest BCUT2D eigenvalue weighted by Gasteiger charge is -2.10. The minimum Gasteiger partial charge on any atom is -0.467 e. The molecule has 6 heteroatoms. The maximum atomic E-state index is 12.5. The molecule has 3 aromatic rings. The van der Waals surface area contributed by atoms with Gasteiger partial charge >= 0.3 is 0 Å². The van der Waals surface area contributed by atoms with Gasteiger partial charge in [0, 0.05) is 11.1 Å². The Morgan fingerprint density at radius 3 is 2.77 bits per heavy atom. The Morgan fingerprint density at radius 2 is 2.09 bits per heavy atom. The minimum atomic E-state index is -0.180.